The van der Waals surface area contributed by atoms with Crippen molar-refractivity contribution < 1.29 is 28.4 Å². The standard InChI is InChI=1S/C21H18BrN3O6/c1-13-10-18(25-31-13)24-20(27)12-30-21(28)16-4-2-3-5-17(16)29-11-19(26)23-15-8-6-14(22)7-9-15/h2-10H,11-12H2,1H3,(H,23,26)(H,24,25,27). The van der Waals surface area contributed by atoms with E-state index >= 15 is 0 Å². The van der Waals surface area contributed by atoms with E-state index in [1.165, 1.54) is 18.2 Å². The number of rotatable bonds is 8. The first kappa shape index (κ1) is 22.0. The molecule has 0 radical (unpaired) electrons. The predicted octanol–water partition coefficient (Wildman–Crippen LogP) is 3.56. The fraction of sp³-hybridized carbons (Fsp3) is 0.143. The number of halogens is 1. The van der Waals surface area contributed by atoms with Crippen LogP contribution in [-0.2, 0) is 14.3 Å². The van der Waals surface area contributed by atoms with Crippen molar-refractivity contribution in [1.29, 1.82) is 0 Å². The number of hydrogen-bond donors (Lipinski definition) is 2. The first-order valence-electron chi connectivity index (χ1n) is 9.08. The fourth-order valence-corrected chi connectivity index (χ4v) is 2.71. The smallest absolute Gasteiger partial charge is 0.342 e. The van der Waals surface area contributed by atoms with Gasteiger partial charge in [0.15, 0.2) is 19.0 Å². The number of ether oxygens (including phenoxy) is 2. The lowest BCUT2D eigenvalue weighted by atomic mass is 10.2. The average Bonchev–Trinajstić information content (AvgIpc) is 3.17. The normalized spacial score (nSPS) is 10.3. The quantitative estimate of drug-likeness (QED) is 0.466. The van der Waals surface area contributed by atoms with E-state index in [1.54, 1.807) is 43.3 Å². The molecule has 160 valence electrons. The maximum absolute atomic E-state index is 12.4. The van der Waals surface area contributed by atoms with E-state index in [0.717, 1.165) is 4.47 Å². The Bertz CT molecular complexity index is 1080. The molecule has 0 aliphatic heterocycles. The minimum absolute atomic E-state index is 0.0871. The lowest BCUT2D eigenvalue weighted by molar-refractivity contribution is -0.119. The molecule has 0 saturated heterocycles. The zero-order valence-corrected chi connectivity index (χ0v) is 18.0. The monoisotopic (exact) mass is 487 g/mol. The second kappa shape index (κ2) is 10.4. The Hall–Kier alpha value is -3.66. The summed E-state index contributed by atoms with van der Waals surface area (Å²) in [5, 5.41) is 8.75. The van der Waals surface area contributed by atoms with E-state index in [9.17, 15) is 14.4 Å². The summed E-state index contributed by atoms with van der Waals surface area (Å²) in [5.41, 5.74) is 0.696. The zero-order valence-electron chi connectivity index (χ0n) is 16.4. The summed E-state index contributed by atoms with van der Waals surface area (Å²) < 4.78 is 16.2. The Labute approximate surface area is 185 Å². The summed E-state index contributed by atoms with van der Waals surface area (Å²) in [7, 11) is 0. The van der Waals surface area contributed by atoms with Gasteiger partial charge in [-0.1, -0.05) is 33.2 Å². The first-order chi connectivity index (χ1) is 14.9. The highest BCUT2D eigenvalue weighted by atomic mass is 79.9. The first-order valence-corrected chi connectivity index (χ1v) is 9.87. The van der Waals surface area contributed by atoms with Gasteiger partial charge in [0.25, 0.3) is 11.8 Å². The van der Waals surface area contributed by atoms with E-state index in [4.69, 9.17) is 14.0 Å². The molecular weight excluding hydrogens is 470 g/mol. The van der Waals surface area contributed by atoms with Gasteiger partial charge in [0, 0.05) is 16.2 Å². The van der Waals surface area contributed by atoms with Crippen LogP contribution < -0.4 is 15.4 Å². The molecule has 0 bridgehead atoms. The van der Waals surface area contributed by atoms with Gasteiger partial charge in [0.2, 0.25) is 0 Å². The molecule has 0 aliphatic rings. The number of anilines is 2. The van der Waals surface area contributed by atoms with Gasteiger partial charge in [-0.3, -0.25) is 9.59 Å². The van der Waals surface area contributed by atoms with Crippen LogP contribution in [-0.4, -0.2) is 36.2 Å². The maximum Gasteiger partial charge on any atom is 0.342 e. The number of hydrogen-bond acceptors (Lipinski definition) is 7. The Morgan fingerprint density at radius 3 is 2.42 bits per heavy atom. The minimum atomic E-state index is -0.768. The number of benzene rings is 2. The number of nitrogens with zero attached hydrogens (tertiary/aromatic N) is 1. The van der Waals surface area contributed by atoms with Crippen molar-refractivity contribution >= 4 is 45.2 Å². The Morgan fingerprint density at radius 2 is 1.71 bits per heavy atom. The molecule has 0 aliphatic carbocycles. The molecule has 0 saturated carbocycles. The third-order valence-electron chi connectivity index (χ3n) is 3.82. The number of amides is 2. The minimum Gasteiger partial charge on any atom is -0.483 e. The van der Waals surface area contributed by atoms with Crippen LogP contribution in [0.3, 0.4) is 0 Å². The van der Waals surface area contributed by atoms with Gasteiger partial charge < -0.3 is 24.6 Å². The molecule has 2 N–H and O–H groups in total. The number of carbonyl (C=O) groups excluding carboxylic acids is 3. The topological polar surface area (TPSA) is 120 Å². The molecule has 9 nitrogen and oxygen atoms in total. The van der Waals surface area contributed by atoms with Crippen LogP contribution >= 0.6 is 15.9 Å². The summed E-state index contributed by atoms with van der Waals surface area (Å²) >= 11 is 3.32. The summed E-state index contributed by atoms with van der Waals surface area (Å²) in [6, 6.07) is 14.9. The van der Waals surface area contributed by atoms with Gasteiger partial charge >= 0.3 is 5.97 Å². The maximum atomic E-state index is 12.4. The third-order valence-corrected chi connectivity index (χ3v) is 4.35. The molecule has 10 heteroatoms. The predicted molar refractivity (Wildman–Crippen MR) is 115 cm³/mol. The van der Waals surface area contributed by atoms with Gasteiger partial charge in [0.1, 0.15) is 17.1 Å². The molecular formula is C21H18BrN3O6. The van der Waals surface area contributed by atoms with Crippen molar-refractivity contribution in [2.45, 2.75) is 6.92 Å². The van der Waals surface area contributed by atoms with Crippen molar-refractivity contribution in [2.24, 2.45) is 0 Å². The van der Waals surface area contributed by atoms with Gasteiger partial charge in [-0.2, -0.15) is 0 Å². The van der Waals surface area contributed by atoms with Crippen LogP contribution in [0.25, 0.3) is 0 Å². The molecule has 0 unspecified atom stereocenters. The summed E-state index contributed by atoms with van der Waals surface area (Å²) in [6.07, 6.45) is 0. The number of para-hydroxylation sites is 1. The number of aryl methyl sites for hydroxylation is 1. The fourth-order valence-electron chi connectivity index (χ4n) is 2.45. The number of esters is 1. The number of carbonyl (C=O) groups is 3. The van der Waals surface area contributed by atoms with Gasteiger partial charge in [-0.05, 0) is 43.3 Å². The van der Waals surface area contributed by atoms with Crippen LogP contribution in [0.15, 0.2) is 63.6 Å². The van der Waals surface area contributed by atoms with Crippen molar-refractivity contribution in [1.82, 2.24) is 5.16 Å². The Kier molecular flexibility index (Phi) is 7.39. The van der Waals surface area contributed by atoms with E-state index < -0.39 is 24.4 Å². The summed E-state index contributed by atoms with van der Waals surface area (Å²) in [5.74, 6) is -0.829. The lowest BCUT2D eigenvalue weighted by Crippen LogP contribution is -2.22. The lowest BCUT2D eigenvalue weighted by Gasteiger charge is -2.11. The van der Waals surface area contributed by atoms with E-state index in [2.05, 4.69) is 31.7 Å². The van der Waals surface area contributed by atoms with E-state index in [-0.39, 0.29) is 23.7 Å². The van der Waals surface area contributed by atoms with Crippen LogP contribution in [0.5, 0.6) is 5.75 Å². The molecule has 0 fully saturated rings. The van der Waals surface area contributed by atoms with E-state index in [0.29, 0.717) is 11.4 Å². The highest BCUT2D eigenvalue weighted by Gasteiger charge is 2.17. The van der Waals surface area contributed by atoms with Crippen LogP contribution in [0.1, 0.15) is 16.1 Å². The molecule has 2 aromatic carbocycles. The average molecular weight is 488 g/mol. The van der Waals surface area contributed by atoms with E-state index in [1.807, 2.05) is 0 Å². The van der Waals surface area contributed by atoms with Gasteiger partial charge in [-0.25, -0.2) is 4.79 Å². The van der Waals surface area contributed by atoms with Crippen molar-refractivity contribution in [3.05, 3.63) is 70.4 Å². The summed E-state index contributed by atoms with van der Waals surface area (Å²) in [4.78, 5) is 36.4. The van der Waals surface area contributed by atoms with Crippen LogP contribution in [0, 0.1) is 6.92 Å². The third kappa shape index (κ3) is 6.68. The highest BCUT2D eigenvalue weighted by Crippen LogP contribution is 2.19. The molecule has 3 rings (SSSR count). The van der Waals surface area contributed by atoms with Crippen LogP contribution in [0.2, 0.25) is 0 Å². The van der Waals surface area contributed by atoms with Gasteiger partial charge in [-0.15, -0.1) is 0 Å². The van der Waals surface area contributed by atoms with Crippen molar-refractivity contribution in [3.63, 3.8) is 0 Å². The largest absolute Gasteiger partial charge is 0.483 e. The SMILES string of the molecule is Cc1cc(NC(=O)COC(=O)c2ccccc2OCC(=O)Nc2ccc(Br)cc2)no1. The molecule has 1 aromatic heterocycles. The highest BCUT2D eigenvalue weighted by molar-refractivity contribution is 9.10. The van der Waals surface area contributed by atoms with Crippen molar-refractivity contribution in [2.75, 3.05) is 23.8 Å². The molecule has 2 amide bonds. The summed E-state index contributed by atoms with van der Waals surface area (Å²) in [6.45, 7) is 0.842. The second-order valence-corrected chi connectivity index (χ2v) is 7.20. The second-order valence-electron chi connectivity index (χ2n) is 6.29. The number of aromatic nitrogens is 1. The molecule has 3 aromatic rings. The Morgan fingerprint density at radius 1 is 1.00 bits per heavy atom. The molecule has 1 heterocycles. The molecule has 0 atom stereocenters. The molecule has 0 spiro atoms. The van der Waals surface area contributed by atoms with Gasteiger partial charge in [0.05, 0.1) is 0 Å². The molecule has 31 heavy (non-hydrogen) atoms. The zero-order chi connectivity index (χ0) is 22.2. The number of nitrogens with one attached hydrogen (secondary N) is 2. The van der Waals surface area contributed by atoms with Crippen molar-refractivity contribution in [3.8, 4) is 5.75 Å². The Balaban J connectivity index is 1.52. The van der Waals surface area contributed by atoms with Crippen LogP contribution in [0.4, 0.5) is 11.5 Å².